The molecule has 0 saturated carbocycles. The molecule has 0 radical (unpaired) electrons. The fourth-order valence-corrected chi connectivity index (χ4v) is 4.78. The zero-order chi connectivity index (χ0) is 19.4. The van der Waals surface area contributed by atoms with Gasteiger partial charge < -0.3 is 0 Å². The third-order valence-corrected chi connectivity index (χ3v) is 6.12. The second kappa shape index (κ2) is 6.34. The smallest absolute Gasteiger partial charge is 0.0412 e. The quantitative estimate of drug-likeness (QED) is 0.247. The maximum Gasteiger partial charge on any atom is 0.0412 e. The first-order valence-electron chi connectivity index (χ1n) is 9.81. The third-order valence-electron chi connectivity index (χ3n) is 5.88. The van der Waals surface area contributed by atoms with E-state index in [1.165, 1.54) is 48.7 Å². The molecule has 0 aliphatic carbocycles. The molecule has 136 valence electrons. The van der Waals surface area contributed by atoms with Gasteiger partial charge in [0.2, 0.25) is 0 Å². The van der Waals surface area contributed by atoms with Crippen molar-refractivity contribution in [2.45, 2.75) is 0 Å². The minimum atomic E-state index is 0.761. The van der Waals surface area contributed by atoms with Crippen LogP contribution >= 0.6 is 11.6 Å². The molecule has 0 heterocycles. The lowest BCUT2D eigenvalue weighted by molar-refractivity contribution is 1.66. The molecule has 0 aliphatic heterocycles. The zero-order valence-corrected chi connectivity index (χ0v) is 16.4. The minimum absolute atomic E-state index is 0.761. The van der Waals surface area contributed by atoms with Crippen LogP contribution in [0.3, 0.4) is 0 Å². The van der Waals surface area contributed by atoms with Crippen LogP contribution in [-0.2, 0) is 0 Å². The molecule has 6 aromatic carbocycles. The van der Waals surface area contributed by atoms with Gasteiger partial charge in [-0.3, -0.25) is 0 Å². The first-order chi connectivity index (χ1) is 14.3. The fourth-order valence-electron chi connectivity index (χ4n) is 4.59. The number of fused-ring (bicyclic) bond motifs is 7. The second-order valence-corrected chi connectivity index (χ2v) is 7.96. The normalized spacial score (nSPS) is 11.6. The Morgan fingerprint density at radius 1 is 0.448 bits per heavy atom. The molecule has 0 nitrogen and oxygen atoms in total. The van der Waals surface area contributed by atoms with E-state index in [1.807, 2.05) is 18.2 Å². The topological polar surface area (TPSA) is 0 Å². The van der Waals surface area contributed by atoms with Crippen molar-refractivity contribution < 1.29 is 0 Å². The summed E-state index contributed by atoms with van der Waals surface area (Å²) >= 11 is 6.28. The van der Waals surface area contributed by atoms with Crippen molar-refractivity contribution in [3.8, 4) is 11.1 Å². The number of rotatable bonds is 1. The molecule has 29 heavy (non-hydrogen) atoms. The van der Waals surface area contributed by atoms with Crippen LogP contribution in [0.15, 0.2) is 103 Å². The van der Waals surface area contributed by atoms with E-state index in [0.29, 0.717) is 0 Å². The van der Waals surface area contributed by atoms with Crippen molar-refractivity contribution in [2.75, 3.05) is 0 Å². The van der Waals surface area contributed by atoms with Gasteiger partial charge in [0, 0.05) is 5.02 Å². The van der Waals surface area contributed by atoms with Gasteiger partial charge in [0.1, 0.15) is 0 Å². The summed E-state index contributed by atoms with van der Waals surface area (Å²) in [5, 5.41) is 11.1. The molecule has 0 spiro atoms. The molecule has 0 amide bonds. The van der Waals surface area contributed by atoms with Crippen molar-refractivity contribution in [3.05, 3.63) is 108 Å². The molecule has 0 fully saturated rings. The lowest BCUT2D eigenvalue weighted by Gasteiger charge is -2.13. The van der Waals surface area contributed by atoms with Crippen molar-refractivity contribution in [1.29, 1.82) is 0 Å². The first-order valence-corrected chi connectivity index (χ1v) is 10.2. The summed E-state index contributed by atoms with van der Waals surface area (Å²) in [4.78, 5) is 0. The van der Waals surface area contributed by atoms with Crippen LogP contribution < -0.4 is 0 Å². The van der Waals surface area contributed by atoms with Crippen LogP contribution in [0.4, 0.5) is 0 Å². The lowest BCUT2D eigenvalue weighted by Crippen LogP contribution is -1.86. The maximum atomic E-state index is 6.28. The number of benzene rings is 6. The Balaban J connectivity index is 1.83. The number of hydrogen-bond donors (Lipinski definition) is 0. The average Bonchev–Trinajstić information content (AvgIpc) is 2.77. The highest BCUT2D eigenvalue weighted by Gasteiger charge is 2.11. The van der Waals surface area contributed by atoms with E-state index in [0.717, 1.165) is 10.6 Å². The van der Waals surface area contributed by atoms with E-state index >= 15 is 0 Å². The summed E-state index contributed by atoms with van der Waals surface area (Å²) in [6.45, 7) is 0. The van der Waals surface area contributed by atoms with Gasteiger partial charge in [-0.25, -0.2) is 0 Å². The van der Waals surface area contributed by atoms with Crippen LogP contribution in [0.2, 0.25) is 5.02 Å². The van der Waals surface area contributed by atoms with E-state index in [4.69, 9.17) is 11.6 Å². The van der Waals surface area contributed by atoms with Crippen molar-refractivity contribution in [1.82, 2.24) is 0 Å². The van der Waals surface area contributed by atoms with E-state index in [9.17, 15) is 0 Å². The van der Waals surface area contributed by atoms with Gasteiger partial charge in [-0.15, -0.1) is 0 Å². The lowest BCUT2D eigenvalue weighted by atomic mass is 9.90. The van der Waals surface area contributed by atoms with Crippen LogP contribution in [0.5, 0.6) is 0 Å². The maximum absolute atomic E-state index is 6.28. The summed E-state index contributed by atoms with van der Waals surface area (Å²) in [5.74, 6) is 0. The Morgan fingerprint density at radius 3 is 1.93 bits per heavy atom. The molecule has 0 aromatic heterocycles. The Hall–Kier alpha value is -3.35. The predicted molar refractivity (Wildman–Crippen MR) is 127 cm³/mol. The molecule has 0 saturated heterocycles. The Morgan fingerprint density at radius 2 is 1.10 bits per heavy atom. The first kappa shape index (κ1) is 16.6. The van der Waals surface area contributed by atoms with Crippen LogP contribution in [-0.4, -0.2) is 0 Å². The van der Waals surface area contributed by atoms with Crippen LogP contribution in [0.1, 0.15) is 0 Å². The molecular weight excluding hydrogens is 372 g/mol. The van der Waals surface area contributed by atoms with Gasteiger partial charge in [0.25, 0.3) is 0 Å². The monoisotopic (exact) mass is 388 g/mol. The average molecular weight is 389 g/mol. The summed E-state index contributed by atoms with van der Waals surface area (Å²) in [5.41, 5.74) is 2.36. The molecule has 0 atom stereocenters. The highest BCUT2D eigenvalue weighted by molar-refractivity contribution is 6.31. The summed E-state index contributed by atoms with van der Waals surface area (Å²) in [6, 6.07) is 36.7. The summed E-state index contributed by atoms with van der Waals surface area (Å²) < 4.78 is 0. The standard InChI is InChI=1S/C28H17Cl/c29-22-7-3-6-21(17-22)23-9-4-10-26-25(23)16-15-20-14-13-19-12-11-18-5-1-2-8-24(18)27(19)28(20)26/h1-17H. The van der Waals surface area contributed by atoms with Crippen LogP contribution in [0, 0.1) is 0 Å². The zero-order valence-electron chi connectivity index (χ0n) is 15.7. The van der Waals surface area contributed by atoms with Gasteiger partial charge in [-0.2, -0.15) is 0 Å². The molecule has 1 heteroatoms. The second-order valence-electron chi connectivity index (χ2n) is 7.53. The van der Waals surface area contributed by atoms with Gasteiger partial charge in [0.05, 0.1) is 0 Å². The van der Waals surface area contributed by atoms with E-state index in [2.05, 4.69) is 84.9 Å². The molecule has 0 bridgehead atoms. The van der Waals surface area contributed by atoms with Gasteiger partial charge in [0.15, 0.2) is 0 Å². The third kappa shape index (κ3) is 2.53. The van der Waals surface area contributed by atoms with Crippen molar-refractivity contribution in [3.63, 3.8) is 0 Å². The van der Waals surface area contributed by atoms with Gasteiger partial charge in [-0.05, 0) is 66.3 Å². The Kier molecular flexibility index (Phi) is 3.62. The van der Waals surface area contributed by atoms with E-state index in [-0.39, 0.29) is 0 Å². The van der Waals surface area contributed by atoms with Crippen molar-refractivity contribution >= 4 is 54.7 Å². The van der Waals surface area contributed by atoms with Crippen LogP contribution in [0.25, 0.3) is 54.2 Å². The molecule has 0 N–H and O–H groups in total. The molecule has 6 rings (SSSR count). The van der Waals surface area contributed by atoms with Gasteiger partial charge in [-0.1, -0.05) is 103 Å². The number of hydrogen-bond acceptors (Lipinski definition) is 0. The highest BCUT2D eigenvalue weighted by atomic mass is 35.5. The number of halogens is 1. The van der Waals surface area contributed by atoms with Gasteiger partial charge >= 0.3 is 0 Å². The molecule has 6 aromatic rings. The Bertz CT molecular complexity index is 1550. The summed E-state index contributed by atoms with van der Waals surface area (Å²) in [6.07, 6.45) is 0. The highest BCUT2D eigenvalue weighted by Crippen LogP contribution is 2.39. The predicted octanol–water partition coefficient (Wildman–Crippen LogP) is 8.62. The van der Waals surface area contributed by atoms with E-state index < -0.39 is 0 Å². The van der Waals surface area contributed by atoms with Crippen molar-refractivity contribution in [2.24, 2.45) is 0 Å². The molecule has 0 unspecified atom stereocenters. The Labute approximate surface area is 174 Å². The molecular formula is C28H17Cl. The summed E-state index contributed by atoms with van der Waals surface area (Å²) in [7, 11) is 0. The minimum Gasteiger partial charge on any atom is -0.0843 e. The largest absolute Gasteiger partial charge is 0.0843 e. The molecule has 0 aliphatic rings. The van der Waals surface area contributed by atoms with E-state index in [1.54, 1.807) is 0 Å². The fraction of sp³-hybridized carbons (Fsp3) is 0. The SMILES string of the molecule is Clc1cccc(-c2cccc3c2ccc2ccc4ccc5ccccc5c4c23)c1.